The van der Waals surface area contributed by atoms with Gasteiger partial charge in [-0.2, -0.15) is 0 Å². The van der Waals surface area contributed by atoms with Gasteiger partial charge in [0.2, 0.25) is 0 Å². The van der Waals surface area contributed by atoms with Crippen molar-refractivity contribution in [2.45, 2.75) is 26.0 Å². The molecule has 1 rings (SSSR count). The fraction of sp³-hybridized carbons (Fsp3) is 0.455. The average Bonchev–Trinajstić information content (AvgIpc) is 2.20. The average molecular weight is 230 g/mol. The lowest BCUT2D eigenvalue weighted by Gasteiger charge is -2.20. The zero-order valence-corrected chi connectivity index (χ0v) is 9.88. The van der Waals surface area contributed by atoms with Crippen LogP contribution in [-0.4, -0.2) is 18.3 Å². The van der Waals surface area contributed by atoms with Crippen molar-refractivity contribution in [1.29, 1.82) is 0 Å². The predicted molar refractivity (Wildman–Crippen MR) is 61.4 cm³/mol. The Morgan fingerprint density at radius 3 is 2.53 bits per heavy atom. The molecule has 84 valence electrons. The molecule has 0 saturated carbocycles. The van der Waals surface area contributed by atoms with Crippen LogP contribution in [0, 0.1) is 6.92 Å². The van der Waals surface area contributed by atoms with Gasteiger partial charge in [-0.15, -0.1) is 0 Å². The first kappa shape index (κ1) is 12.3. The highest BCUT2D eigenvalue weighted by Crippen LogP contribution is 2.35. The smallest absolute Gasteiger partial charge is 0.126 e. The van der Waals surface area contributed by atoms with Gasteiger partial charge in [-0.25, -0.2) is 0 Å². The maximum atomic E-state index is 9.93. The van der Waals surface area contributed by atoms with E-state index in [4.69, 9.17) is 22.1 Å². The van der Waals surface area contributed by atoms with Crippen LogP contribution in [0.3, 0.4) is 0 Å². The first-order valence-corrected chi connectivity index (χ1v) is 5.13. The summed E-state index contributed by atoms with van der Waals surface area (Å²) < 4.78 is 5.15. The lowest BCUT2D eigenvalue weighted by atomic mass is 10.0. The number of aryl methyl sites for hydroxylation is 1. The van der Waals surface area contributed by atoms with Gasteiger partial charge in [0.1, 0.15) is 5.75 Å². The molecule has 0 aliphatic carbocycles. The number of hydrogen-bond acceptors (Lipinski definition) is 3. The van der Waals surface area contributed by atoms with Crippen molar-refractivity contribution >= 4 is 11.6 Å². The summed E-state index contributed by atoms with van der Waals surface area (Å²) in [4.78, 5) is 0. The summed E-state index contributed by atoms with van der Waals surface area (Å²) in [5.74, 6) is 0.565. The summed E-state index contributed by atoms with van der Waals surface area (Å²) in [6, 6.07) is 3.24. The van der Waals surface area contributed by atoms with Gasteiger partial charge in [-0.1, -0.05) is 17.7 Å². The quantitative estimate of drug-likeness (QED) is 0.834. The number of hydrogen-bond donors (Lipinski definition) is 2. The Morgan fingerprint density at radius 2 is 2.07 bits per heavy atom. The van der Waals surface area contributed by atoms with E-state index in [0.717, 1.165) is 5.56 Å². The second-order valence-corrected chi connectivity index (χ2v) is 3.99. The minimum absolute atomic E-state index is 0.391. The molecule has 0 heterocycles. The molecule has 0 amide bonds. The Hall–Kier alpha value is -0.770. The van der Waals surface area contributed by atoms with E-state index in [1.807, 2.05) is 13.0 Å². The highest BCUT2D eigenvalue weighted by atomic mass is 35.5. The van der Waals surface area contributed by atoms with Crippen LogP contribution in [0.5, 0.6) is 5.75 Å². The predicted octanol–water partition coefficient (Wildman–Crippen LogP) is 2.04. The monoisotopic (exact) mass is 229 g/mol. The zero-order chi connectivity index (χ0) is 11.6. The third-order valence-electron chi connectivity index (χ3n) is 2.35. The summed E-state index contributed by atoms with van der Waals surface area (Å²) in [7, 11) is 1.54. The highest BCUT2D eigenvalue weighted by molar-refractivity contribution is 6.32. The molecule has 0 saturated heterocycles. The van der Waals surface area contributed by atoms with E-state index in [-0.39, 0.29) is 0 Å². The van der Waals surface area contributed by atoms with Gasteiger partial charge < -0.3 is 15.6 Å². The van der Waals surface area contributed by atoms with Crippen molar-refractivity contribution in [3.8, 4) is 5.75 Å². The van der Waals surface area contributed by atoms with Crippen molar-refractivity contribution in [3.05, 3.63) is 28.3 Å². The third kappa shape index (κ3) is 2.43. The molecule has 0 aromatic heterocycles. The van der Waals surface area contributed by atoms with Crippen LogP contribution in [0.4, 0.5) is 0 Å². The molecular weight excluding hydrogens is 214 g/mol. The van der Waals surface area contributed by atoms with Crippen molar-refractivity contribution in [2.75, 3.05) is 7.11 Å². The zero-order valence-electron chi connectivity index (χ0n) is 9.12. The van der Waals surface area contributed by atoms with Gasteiger partial charge in [-0.05, 0) is 25.5 Å². The fourth-order valence-electron chi connectivity index (χ4n) is 1.40. The summed E-state index contributed by atoms with van der Waals surface area (Å²) in [5.41, 5.74) is 7.11. The first-order valence-electron chi connectivity index (χ1n) is 4.75. The van der Waals surface area contributed by atoms with Gasteiger partial charge in [0.15, 0.2) is 0 Å². The van der Waals surface area contributed by atoms with E-state index in [1.54, 1.807) is 20.1 Å². The largest absolute Gasteiger partial charge is 0.496 e. The highest BCUT2D eigenvalue weighted by Gasteiger charge is 2.21. The van der Waals surface area contributed by atoms with Crippen LogP contribution < -0.4 is 10.5 Å². The van der Waals surface area contributed by atoms with Gasteiger partial charge in [0, 0.05) is 11.6 Å². The molecular formula is C11H16ClNO2. The lowest BCUT2D eigenvalue weighted by molar-refractivity contribution is 0.149. The Morgan fingerprint density at radius 1 is 1.47 bits per heavy atom. The number of benzene rings is 1. The molecule has 3 N–H and O–H groups in total. The van der Waals surface area contributed by atoms with Gasteiger partial charge in [0.05, 0.1) is 18.2 Å². The number of aliphatic hydroxyl groups excluding tert-OH is 1. The van der Waals surface area contributed by atoms with Crippen molar-refractivity contribution in [3.63, 3.8) is 0 Å². The normalized spacial score (nSPS) is 14.8. The summed E-state index contributed by atoms with van der Waals surface area (Å²) in [5, 5.41) is 10.4. The van der Waals surface area contributed by atoms with Crippen LogP contribution in [0.1, 0.15) is 24.2 Å². The second kappa shape index (κ2) is 4.84. The molecule has 0 fully saturated rings. The first-order chi connectivity index (χ1) is 6.99. The van der Waals surface area contributed by atoms with E-state index >= 15 is 0 Å². The van der Waals surface area contributed by atoms with E-state index < -0.39 is 12.1 Å². The minimum atomic E-state index is -0.813. The molecule has 15 heavy (non-hydrogen) atoms. The molecule has 4 heteroatoms. The topological polar surface area (TPSA) is 55.5 Å². The maximum Gasteiger partial charge on any atom is 0.126 e. The Bertz CT molecular complexity index is 353. The number of halogens is 1. The number of nitrogens with two attached hydrogens (primary N) is 1. The second-order valence-electron chi connectivity index (χ2n) is 3.62. The van der Waals surface area contributed by atoms with E-state index in [2.05, 4.69) is 0 Å². The van der Waals surface area contributed by atoms with Crippen LogP contribution in [0.15, 0.2) is 12.1 Å². The summed E-state index contributed by atoms with van der Waals surface area (Å²) in [6.45, 7) is 3.60. The van der Waals surface area contributed by atoms with Gasteiger partial charge in [0.25, 0.3) is 0 Å². The molecule has 3 nitrogen and oxygen atoms in total. The minimum Gasteiger partial charge on any atom is -0.496 e. The molecule has 1 aromatic rings. The van der Waals surface area contributed by atoms with Crippen LogP contribution in [0.25, 0.3) is 0 Å². The Balaban J connectivity index is 3.29. The van der Waals surface area contributed by atoms with Crippen molar-refractivity contribution < 1.29 is 9.84 Å². The van der Waals surface area contributed by atoms with E-state index in [1.165, 1.54) is 0 Å². The molecule has 2 unspecified atom stereocenters. The van der Waals surface area contributed by atoms with Crippen molar-refractivity contribution in [1.82, 2.24) is 0 Å². The summed E-state index contributed by atoms with van der Waals surface area (Å²) in [6.07, 6.45) is -0.813. The van der Waals surface area contributed by atoms with E-state index in [0.29, 0.717) is 16.3 Å². The van der Waals surface area contributed by atoms with Gasteiger partial charge in [-0.3, -0.25) is 0 Å². The summed E-state index contributed by atoms with van der Waals surface area (Å²) >= 11 is 6.12. The lowest BCUT2D eigenvalue weighted by Crippen LogP contribution is -2.25. The number of aliphatic hydroxyl groups is 1. The molecule has 0 spiro atoms. The standard InChI is InChI=1S/C11H16ClNO2/c1-6-4-5-8(15-3)9(10(6)12)11(14)7(2)13/h4-5,7,11,14H,13H2,1-3H3. The Kier molecular flexibility index (Phi) is 3.97. The molecule has 2 atom stereocenters. The number of methoxy groups -OCH3 is 1. The van der Waals surface area contributed by atoms with E-state index in [9.17, 15) is 5.11 Å². The Labute approximate surface area is 94.8 Å². The molecule has 0 aliphatic heterocycles. The number of ether oxygens (including phenoxy) is 1. The number of rotatable bonds is 3. The third-order valence-corrected chi connectivity index (χ3v) is 2.85. The molecule has 1 aromatic carbocycles. The van der Waals surface area contributed by atoms with Gasteiger partial charge >= 0.3 is 0 Å². The molecule has 0 radical (unpaired) electrons. The van der Waals surface area contributed by atoms with Crippen LogP contribution >= 0.6 is 11.6 Å². The SMILES string of the molecule is COc1ccc(C)c(Cl)c1C(O)C(C)N. The molecule has 0 bridgehead atoms. The van der Waals surface area contributed by atoms with Crippen LogP contribution in [-0.2, 0) is 0 Å². The maximum absolute atomic E-state index is 9.93. The fourth-order valence-corrected chi connectivity index (χ4v) is 1.67. The van der Waals surface area contributed by atoms with Crippen molar-refractivity contribution in [2.24, 2.45) is 5.73 Å². The molecule has 0 aliphatic rings. The van der Waals surface area contributed by atoms with Crippen LogP contribution in [0.2, 0.25) is 5.02 Å².